The van der Waals surface area contributed by atoms with E-state index in [2.05, 4.69) is 15.7 Å². The minimum absolute atomic E-state index is 0.126. The Kier molecular flexibility index (Phi) is 5.55. The van der Waals surface area contributed by atoms with Crippen molar-refractivity contribution in [3.05, 3.63) is 47.1 Å². The zero-order valence-corrected chi connectivity index (χ0v) is 12.9. The Morgan fingerprint density at radius 2 is 1.95 bits per heavy atom. The van der Waals surface area contributed by atoms with Gasteiger partial charge in [0.25, 0.3) is 5.91 Å². The maximum Gasteiger partial charge on any atom is 0.251 e. The third kappa shape index (κ3) is 4.89. The summed E-state index contributed by atoms with van der Waals surface area (Å²) in [5.74, 6) is 0.221. The van der Waals surface area contributed by atoms with Gasteiger partial charge in [-0.15, -0.1) is 0 Å². The lowest BCUT2D eigenvalue weighted by molar-refractivity contribution is -0.116. The smallest absolute Gasteiger partial charge is 0.251 e. The standard InChI is InChI=1S/C15H17ClN4O2/c1-20-10-8-13(19-20)18-14(21)3-2-9-17-15(22)11-4-6-12(16)7-5-11/h4-8,10H,2-3,9H2,1H3,(H,17,22)(H,18,19,21). The number of aryl methyl sites for hydroxylation is 1. The first kappa shape index (κ1) is 16.0. The molecule has 2 aromatic rings. The fourth-order valence-corrected chi connectivity index (χ4v) is 1.97. The van der Waals surface area contributed by atoms with Gasteiger partial charge in [-0.3, -0.25) is 14.3 Å². The largest absolute Gasteiger partial charge is 0.352 e. The Morgan fingerprint density at radius 1 is 1.23 bits per heavy atom. The van der Waals surface area contributed by atoms with Crippen molar-refractivity contribution in [2.45, 2.75) is 12.8 Å². The summed E-state index contributed by atoms with van der Waals surface area (Å²) in [6, 6.07) is 8.37. The van der Waals surface area contributed by atoms with Crippen LogP contribution in [0.25, 0.3) is 0 Å². The molecule has 0 unspecified atom stereocenters. The number of hydrogen-bond donors (Lipinski definition) is 2. The van der Waals surface area contributed by atoms with Crippen LogP contribution in [0.3, 0.4) is 0 Å². The van der Waals surface area contributed by atoms with Crippen molar-refractivity contribution in [1.29, 1.82) is 0 Å². The number of benzene rings is 1. The molecule has 0 aliphatic rings. The third-order valence-corrected chi connectivity index (χ3v) is 3.21. The number of carbonyl (C=O) groups is 2. The van der Waals surface area contributed by atoms with Crippen LogP contribution in [-0.2, 0) is 11.8 Å². The van der Waals surface area contributed by atoms with E-state index in [4.69, 9.17) is 11.6 Å². The van der Waals surface area contributed by atoms with Crippen LogP contribution in [0.5, 0.6) is 0 Å². The van der Waals surface area contributed by atoms with Crippen LogP contribution in [0.2, 0.25) is 5.02 Å². The molecule has 0 atom stereocenters. The second kappa shape index (κ2) is 7.61. The van der Waals surface area contributed by atoms with E-state index in [9.17, 15) is 9.59 Å². The maximum absolute atomic E-state index is 11.8. The van der Waals surface area contributed by atoms with E-state index in [0.717, 1.165) is 0 Å². The number of halogens is 1. The number of rotatable bonds is 6. The quantitative estimate of drug-likeness (QED) is 0.801. The average molecular weight is 321 g/mol. The minimum Gasteiger partial charge on any atom is -0.352 e. The summed E-state index contributed by atoms with van der Waals surface area (Å²) in [5, 5.41) is 10.1. The average Bonchev–Trinajstić information content (AvgIpc) is 2.89. The lowest BCUT2D eigenvalue weighted by atomic mass is 10.2. The van der Waals surface area contributed by atoms with Gasteiger partial charge in [-0.1, -0.05) is 11.6 Å². The van der Waals surface area contributed by atoms with Gasteiger partial charge in [0.15, 0.2) is 5.82 Å². The predicted octanol–water partition coefficient (Wildman–Crippen LogP) is 2.22. The van der Waals surface area contributed by atoms with Gasteiger partial charge in [-0.05, 0) is 30.7 Å². The molecule has 1 aromatic heterocycles. The van der Waals surface area contributed by atoms with Crippen LogP contribution in [0.15, 0.2) is 36.5 Å². The number of carbonyl (C=O) groups excluding carboxylic acids is 2. The van der Waals surface area contributed by atoms with E-state index in [1.807, 2.05) is 0 Å². The molecule has 2 rings (SSSR count). The highest BCUT2D eigenvalue weighted by Crippen LogP contribution is 2.09. The lowest BCUT2D eigenvalue weighted by Gasteiger charge is -2.05. The molecule has 0 bridgehead atoms. The molecule has 22 heavy (non-hydrogen) atoms. The summed E-state index contributed by atoms with van der Waals surface area (Å²) >= 11 is 5.76. The Hall–Kier alpha value is -2.34. The van der Waals surface area contributed by atoms with Gasteiger partial charge in [-0.25, -0.2) is 0 Å². The molecule has 0 spiro atoms. The SMILES string of the molecule is Cn1ccc(NC(=O)CCCNC(=O)c2ccc(Cl)cc2)n1. The number of amides is 2. The highest BCUT2D eigenvalue weighted by molar-refractivity contribution is 6.30. The molecular weight excluding hydrogens is 304 g/mol. The molecule has 116 valence electrons. The van der Waals surface area contributed by atoms with Crippen LogP contribution >= 0.6 is 11.6 Å². The first-order valence-corrected chi connectivity index (χ1v) is 7.25. The second-order valence-corrected chi connectivity index (χ2v) is 5.23. The fraction of sp³-hybridized carbons (Fsp3) is 0.267. The van der Waals surface area contributed by atoms with Crippen molar-refractivity contribution in [2.24, 2.45) is 7.05 Å². The number of hydrogen-bond acceptors (Lipinski definition) is 3. The van der Waals surface area contributed by atoms with Crippen molar-refractivity contribution in [3.63, 3.8) is 0 Å². The van der Waals surface area contributed by atoms with Gasteiger partial charge in [0.05, 0.1) is 0 Å². The summed E-state index contributed by atoms with van der Waals surface area (Å²) in [4.78, 5) is 23.5. The predicted molar refractivity (Wildman–Crippen MR) is 84.9 cm³/mol. The molecule has 7 heteroatoms. The summed E-state index contributed by atoms with van der Waals surface area (Å²) in [7, 11) is 1.78. The van der Waals surface area contributed by atoms with Crippen LogP contribution in [0, 0.1) is 0 Å². The van der Waals surface area contributed by atoms with Crippen molar-refractivity contribution < 1.29 is 9.59 Å². The van der Waals surface area contributed by atoms with Gasteiger partial charge < -0.3 is 10.6 Å². The summed E-state index contributed by atoms with van der Waals surface area (Å²) in [6.45, 7) is 0.428. The normalized spacial score (nSPS) is 10.3. The number of anilines is 1. The monoisotopic (exact) mass is 320 g/mol. The van der Waals surface area contributed by atoms with Gasteiger partial charge >= 0.3 is 0 Å². The van der Waals surface area contributed by atoms with E-state index in [0.29, 0.717) is 35.8 Å². The first-order valence-electron chi connectivity index (χ1n) is 6.88. The van der Waals surface area contributed by atoms with Gasteiger partial charge in [-0.2, -0.15) is 5.10 Å². The molecule has 0 aliphatic carbocycles. The van der Waals surface area contributed by atoms with Gasteiger partial charge in [0, 0.05) is 42.9 Å². The number of nitrogens with zero attached hydrogens (tertiary/aromatic N) is 2. The van der Waals surface area contributed by atoms with E-state index in [1.54, 1.807) is 48.3 Å². The van der Waals surface area contributed by atoms with Crippen LogP contribution in [0.4, 0.5) is 5.82 Å². The third-order valence-electron chi connectivity index (χ3n) is 2.95. The van der Waals surface area contributed by atoms with E-state index in [1.165, 1.54) is 0 Å². The Bertz CT molecular complexity index is 652. The van der Waals surface area contributed by atoms with Crippen molar-refractivity contribution >= 4 is 29.2 Å². The van der Waals surface area contributed by atoms with Crippen molar-refractivity contribution in [3.8, 4) is 0 Å². The summed E-state index contributed by atoms with van der Waals surface area (Å²) < 4.78 is 1.61. The maximum atomic E-state index is 11.8. The zero-order chi connectivity index (χ0) is 15.9. The highest BCUT2D eigenvalue weighted by Gasteiger charge is 2.06. The molecule has 0 saturated heterocycles. The molecule has 2 amide bonds. The number of aromatic nitrogens is 2. The van der Waals surface area contributed by atoms with Gasteiger partial charge in [0.1, 0.15) is 0 Å². The van der Waals surface area contributed by atoms with E-state index >= 15 is 0 Å². The Morgan fingerprint density at radius 3 is 2.59 bits per heavy atom. The molecule has 0 radical (unpaired) electrons. The molecule has 6 nitrogen and oxygen atoms in total. The second-order valence-electron chi connectivity index (χ2n) is 4.79. The first-order chi connectivity index (χ1) is 10.5. The summed E-state index contributed by atoms with van der Waals surface area (Å²) in [6.07, 6.45) is 2.62. The lowest BCUT2D eigenvalue weighted by Crippen LogP contribution is -2.25. The number of nitrogens with one attached hydrogen (secondary N) is 2. The Labute approximate surface area is 133 Å². The highest BCUT2D eigenvalue weighted by atomic mass is 35.5. The zero-order valence-electron chi connectivity index (χ0n) is 12.2. The molecule has 1 aromatic carbocycles. The van der Waals surface area contributed by atoms with E-state index < -0.39 is 0 Å². The van der Waals surface area contributed by atoms with E-state index in [-0.39, 0.29) is 11.8 Å². The topological polar surface area (TPSA) is 76.0 Å². The Balaban J connectivity index is 1.67. The van der Waals surface area contributed by atoms with Crippen LogP contribution in [-0.4, -0.2) is 28.1 Å². The van der Waals surface area contributed by atoms with Crippen molar-refractivity contribution in [1.82, 2.24) is 15.1 Å². The molecule has 0 aliphatic heterocycles. The fourth-order valence-electron chi connectivity index (χ4n) is 1.84. The minimum atomic E-state index is -0.179. The van der Waals surface area contributed by atoms with Gasteiger partial charge in [0.2, 0.25) is 5.91 Å². The van der Waals surface area contributed by atoms with Crippen LogP contribution < -0.4 is 10.6 Å². The molecule has 0 fully saturated rings. The molecule has 1 heterocycles. The van der Waals surface area contributed by atoms with Crippen molar-refractivity contribution in [2.75, 3.05) is 11.9 Å². The summed E-state index contributed by atoms with van der Waals surface area (Å²) in [5.41, 5.74) is 0.544. The molecule has 0 saturated carbocycles. The molecular formula is C15H17ClN4O2. The molecule has 2 N–H and O–H groups in total. The van der Waals surface area contributed by atoms with Crippen LogP contribution in [0.1, 0.15) is 23.2 Å².